The lowest BCUT2D eigenvalue weighted by Gasteiger charge is -2.01. The van der Waals surface area contributed by atoms with Crippen LogP contribution in [0.25, 0.3) is 10.2 Å². The Balaban J connectivity index is 2.37. The Hall–Kier alpha value is -1.02. The first-order valence-corrected chi connectivity index (χ1v) is 6.66. The highest BCUT2D eigenvalue weighted by Gasteiger charge is 2.09. The number of nitrogens with zero attached hydrogens (tertiary/aromatic N) is 1. The molecule has 0 aliphatic rings. The van der Waals surface area contributed by atoms with E-state index >= 15 is 0 Å². The summed E-state index contributed by atoms with van der Waals surface area (Å²) in [6, 6.07) is 5.37. The number of hydrogen-bond donors (Lipinski definition) is 2. The minimum Gasteiger partial charge on any atom is -0.258 e. The maximum absolute atomic E-state index is 11.2. The monoisotopic (exact) mass is 243 g/mol. The second-order valence-electron chi connectivity index (χ2n) is 3.03. The lowest BCUT2D eigenvalue weighted by molar-refractivity contribution is 0.583. The third-order valence-electron chi connectivity index (χ3n) is 1.93. The van der Waals surface area contributed by atoms with Crippen molar-refractivity contribution < 1.29 is 8.42 Å². The van der Waals surface area contributed by atoms with Crippen molar-refractivity contribution in [2.75, 3.05) is 0 Å². The first kappa shape index (κ1) is 10.5. The SMILES string of the molecule is NNS(=O)(=O)Cc1ccc2scnc2c1. The zero-order valence-corrected chi connectivity index (χ0v) is 9.31. The molecular weight excluding hydrogens is 234 g/mol. The standard InChI is InChI=1S/C8H9N3O2S2/c9-11-15(12,13)4-6-1-2-8-7(3-6)10-5-14-8/h1-3,5,11H,4,9H2. The number of benzene rings is 1. The summed E-state index contributed by atoms with van der Waals surface area (Å²) in [6.45, 7) is 0. The molecule has 3 N–H and O–H groups in total. The summed E-state index contributed by atoms with van der Waals surface area (Å²) in [5.41, 5.74) is 3.21. The van der Waals surface area contributed by atoms with Crippen molar-refractivity contribution in [1.82, 2.24) is 9.82 Å². The molecule has 15 heavy (non-hydrogen) atoms. The minimum atomic E-state index is -3.42. The van der Waals surface area contributed by atoms with Crippen molar-refractivity contribution in [3.05, 3.63) is 29.3 Å². The summed E-state index contributed by atoms with van der Waals surface area (Å²) in [5.74, 6) is 4.77. The van der Waals surface area contributed by atoms with Gasteiger partial charge < -0.3 is 0 Å². The maximum Gasteiger partial charge on any atom is 0.228 e. The van der Waals surface area contributed by atoms with Gasteiger partial charge in [0.1, 0.15) is 0 Å². The van der Waals surface area contributed by atoms with Gasteiger partial charge in [-0.05, 0) is 17.7 Å². The first-order chi connectivity index (χ1) is 7.11. The van der Waals surface area contributed by atoms with Crippen LogP contribution in [0, 0.1) is 0 Å². The number of rotatable bonds is 3. The molecule has 1 heterocycles. The molecule has 0 amide bonds. The largest absolute Gasteiger partial charge is 0.258 e. The van der Waals surface area contributed by atoms with Gasteiger partial charge in [0.25, 0.3) is 0 Å². The van der Waals surface area contributed by atoms with Crippen molar-refractivity contribution >= 4 is 31.6 Å². The summed E-state index contributed by atoms with van der Waals surface area (Å²) < 4.78 is 23.4. The Morgan fingerprint density at radius 3 is 3.00 bits per heavy atom. The fourth-order valence-corrected chi connectivity index (χ4v) is 2.61. The molecule has 1 aromatic heterocycles. The van der Waals surface area contributed by atoms with Gasteiger partial charge in [0.05, 0.1) is 21.5 Å². The van der Waals surface area contributed by atoms with E-state index < -0.39 is 10.0 Å². The van der Waals surface area contributed by atoms with E-state index in [0.29, 0.717) is 5.56 Å². The van der Waals surface area contributed by atoms with Crippen LogP contribution in [0.1, 0.15) is 5.56 Å². The van der Waals surface area contributed by atoms with E-state index in [1.807, 2.05) is 6.07 Å². The van der Waals surface area contributed by atoms with Crippen molar-refractivity contribution in [3.8, 4) is 0 Å². The van der Waals surface area contributed by atoms with E-state index in [2.05, 4.69) is 4.98 Å². The molecular formula is C8H9N3O2S2. The van der Waals surface area contributed by atoms with E-state index in [1.54, 1.807) is 22.5 Å². The molecule has 0 aliphatic heterocycles. The zero-order chi connectivity index (χ0) is 10.9. The Morgan fingerprint density at radius 2 is 2.27 bits per heavy atom. The first-order valence-electron chi connectivity index (χ1n) is 4.13. The van der Waals surface area contributed by atoms with E-state index in [4.69, 9.17) is 5.84 Å². The fraction of sp³-hybridized carbons (Fsp3) is 0.125. The summed E-state index contributed by atoms with van der Waals surface area (Å²) in [5, 5.41) is 0. The number of hydrogen-bond acceptors (Lipinski definition) is 5. The number of hydrazine groups is 1. The lowest BCUT2D eigenvalue weighted by Crippen LogP contribution is -2.31. The van der Waals surface area contributed by atoms with Crippen LogP contribution in [-0.2, 0) is 15.8 Å². The van der Waals surface area contributed by atoms with Gasteiger partial charge >= 0.3 is 0 Å². The van der Waals surface area contributed by atoms with E-state index in [1.165, 1.54) is 11.3 Å². The highest BCUT2D eigenvalue weighted by Crippen LogP contribution is 2.19. The summed E-state index contributed by atoms with van der Waals surface area (Å²) in [4.78, 5) is 5.89. The van der Waals surface area contributed by atoms with E-state index in [0.717, 1.165) is 10.2 Å². The summed E-state index contributed by atoms with van der Waals surface area (Å²) in [7, 11) is -3.42. The lowest BCUT2D eigenvalue weighted by atomic mass is 10.2. The summed E-state index contributed by atoms with van der Waals surface area (Å²) in [6.07, 6.45) is 0. The third-order valence-corrected chi connectivity index (χ3v) is 3.81. The molecule has 0 spiro atoms. The molecule has 0 aliphatic carbocycles. The average Bonchev–Trinajstić information content (AvgIpc) is 2.64. The second kappa shape index (κ2) is 3.86. The van der Waals surface area contributed by atoms with Crippen LogP contribution in [0.2, 0.25) is 0 Å². The van der Waals surface area contributed by atoms with Gasteiger partial charge in [-0.15, -0.1) is 11.3 Å². The quantitative estimate of drug-likeness (QED) is 0.610. The fourth-order valence-electron chi connectivity index (χ4n) is 1.25. The molecule has 0 atom stereocenters. The predicted molar refractivity (Wildman–Crippen MR) is 59.6 cm³/mol. The molecule has 0 saturated heterocycles. The topological polar surface area (TPSA) is 85.1 Å². The van der Waals surface area contributed by atoms with Crippen molar-refractivity contribution in [2.45, 2.75) is 5.75 Å². The molecule has 0 bridgehead atoms. The molecule has 0 saturated carbocycles. The zero-order valence-electron chi connectivity index (χ0n) is 7.67. The number of fused-ring (bicyclic) bond motifs is 1. The van der Waals surface area contributed by atoms with Gasteiger partial charge in [0.2, 0.25) is 10.0 Å². The van der Waals surface area contributed by atoms with Crippen LogP contribution in [0.5, 0.6) is 0 Å². The maximum atomic E-state index is 11.2. The molecule has 0 unspecified atom stereocenters. The normalized spacial score (nSPS) is 12.1. The Bertz CT molecular complexity index is 576. The van der Waals surface area contributed by atoms with Crippen LogP contribution >= 0.6 is 11.3 Å². The molecule has 2 rings (SSSR count). The molecule has 80 valence electrons. The highest BCUT2D eigenvalue weighted by molar-refractivity contribution is 7.88. The smallest absolute Gasteiger partial charge is 0.228 e. The van der Waals surface area contributed by atoms with Crippen LogP contribution in [-0.4, -0.2) is 13.4 Å². The van der Waals surface area contributed by atoms with Crippen LogP contribution < -0.4 is 10.7 Å². The molecule has 0 radical (unpaired) electrons. The highest BCUT2D eigenvalue weighted by atomic mass is 32.2. The molecule has 2 aromatic rings. The molecule has 0 fully saturated rings. The van der Waals surface area contributed by atoms with Gasteiger partial charge in [-0.25, -0.2) is 13.4 Å². The number of nitrogens with two attached hydrogens (primary N) is 1. The second-order valence-corrected chi connectivity index (χ2v) is 5.67. The van der Waals surface area contributed by atoms with E-state index in [-0.39, 0.29) is 5.75 Å². The van der Waals surface area contributed by atoms with Crippen LogP contribution in [0.4, 0.5) is 0 Å². The van der Waals surface area contributed by atoms with Gasteiger partial charge in [-0.2, -0.15) is 4.83 Å². The van der Waals surface area contributed by atoms with Gasteiger partial charge in [0.15, 0.2) is 0 Å². The Morgan fingerprint density at radius 1 is 1.47 bits per heavy atom. The predicted octanol–water partition coefficient (Wildman–Crippen LogP) is 0.589. The van der Waals surface area contributed by atoms with Gasteiger partial charge in [-0.3, -0.25) is 5.84 Å². The number of nitrogens with one attached hydrogen (secondary N) is 1. The number of sulfonamides is 1. The molecule has 1 aromatic carbocycles. The molecule has 5 nitrogen and oxygen atoms in total. The van der Waals surface area contributed by atoms with Crippen LogP contribution in [0.15, 0.2) is 23.7 Å². The number of thiazole rings is 1. The summed E-state index contributed by atoms with van der Waals surface area (Å²) >= 11 is 1.52. The van der Waals surface area contributed by atoms with Crippen molar-refractivity contribution in [1.29, 1.82) is 0 Å². The molecule has 7 heteroatoms. The number of aromatic nitrogens is 1. The van der Waals surface area contributed by atoms with Gasteiger partial charge in [-0.1, -0.05) is 6.07 Å². The Labute approximate surface area is 91.0 Å². The minimum absolute atomic E-state index is 0.128. The van der Waals surface area contributed by atoms with Crippen LogP contribution in [0.3, 0.4) is 0 Å². The van der Waals surface area contributed by atoms with Crippen molar-refractivity contribution in [2.24, 2.45) is 5.84 Å². The third kappa shape index (κ3) is 2.32. The Kier molecular flexibility index (Phi) is 2.70. The van der Waals surface area contributed by atoms with Crippen molar-refractivity contribution in [3.63, 3.8) is 0 Å². The van der Waals surface area contributed by atoms with E-state index in [9.17, 15) is 8.42 Å². The van der Waals surface area contributed by atoms with Gasteiger partial charge in [0, 0.05) is 0 Å². The average molecular weight is 243 g/mol.